The molecule has 3 heterocycles. The number of H-pyrrole nitrogens is 2. The van der Waals surface area contributed by atoms with Crippen molar-refractivity contribution in [1.29, 1.82) is 0 Å². The average molecular weight is 449 g/mol. The van der Waals surface area contributed by atoms with E-state index in [1.165, 1.54) is 11.0 Å². The smallest absolute Gasteiger partial charge is 0.229 e. The van der Waals surface area contributed by atoms with Crippen molar-refractivity contribution in [2.45, 2.75) is 32.7 Å². The first-order chi connectivity index (χ1) is 15.9. The fraction of sp³-hybridized carbons (Fsp3) is 0.333. The summed E-state index contributed by atoms with van der Waals surface area (Å²) >= 11 is 0. The molecule has 8 nitrogen and oxygen atoms in total. The highest BCUT2D eigenvalue weighted by Gasteiger charge is 2.38. The minimum atomic E-state index is -0.560. The van der Waals surface area contributed by atoms with Crippen molar-refractivity contribution >= 4 is 39.6 Å². The van der Waals surface area contributed by atoms with Gasteiger partial charge in [0.1, 0.15) is 11.6 Å². The molecule has 0 bridgehead atoms. The van der Waals surface area contributed by atoms with Crippen LogP contribution in [0, 0.1) is 17.7 Å². The summed E-state index contributed by atoms with van der Waals surface area (Å²) in [6, 6.07) is 12.0. The number of aromatic amines is 2. The molecular weight excluding hydrogens is 423 g/mol. The molecule has 1 saturated heterocycles. The Balaban J connectivity index is 1.36. The standard InChI is InChI=1S/C24H25FN6O2/c1-13(2)10-19(22-26-16-7-3-4-8-17(16)27-22)28-24(33)14-11-20(32)31(12-14)23-21-15(25)6-5-9-18(21)29-30-23/h3-9,13-14,19H,10-12H2,1-2H3,(H,26,27)(H,28,33)(H,29,30)/t14-,19-/m1/s1. The Morgan fingerprint density at radius 3 is 2.79 bits per heavy atom. The maximum absolute atomic E-state index is 14.4. The largest absolute Gasteiger partial charge is 0.346 e. The number of carbonyl (C=O) groups is 2. The van der Waals surface area contributed by atoms with Crippen LogP contribution in [0.1, 0.15) is 38.6 Å². The van der Waals surface area contributed by atoms with E-state index in [1.807, 2.05) is 24.3 Å². The first-order valence-corrected chi connectivity index (χ1v) is 11.1. The molecule has 0 aliphatic carbocycles. The van der Waals surface area contributed by atoms with E-state index in [0.717, 1.165) is 11.0 Å². The molecule has 2 atom stereocenters. The molecule has 5 rings (SSSR count). The van der Waals surface area contributed by atoms with Gasteiger partial charge in [0.25, 0.3) is 0 Å². The molecule has 170 valence electrons. The number of para-hydroxylation sites is 2. The molecule has 2 amide bonds. The lowest BCUT2D eigenvalue weighted by molar-refractivity contribution is -0.127. The summed E-state index contributed by atoms with van der Waals surface area (Å²) in [6.07, 6.45) is 0.744. The Bertz CT molecular complexity index is 1310. The summed E-state index contributed by atoms with van der Waals surface area (Å²) in [4.78, 5) is 35.3. The minimum Gasteiger partial charge on any atom is -0.346 e. The van der Waals surface area contributed by atoms with Crippen molar-refractivity contribution in [1.82, 2.24) is 25.5 Å². The van der Waals surface area contributed by atoms with E-state index >= 15 is 0 Å². The van der Waals surface area contributed by atoms with Crippen molar-refractivity contribution in [3.05, 3.63) is 54.1 Å². The van der Waals surface area contributed by atoms with Crippen LogP contribution in [0.5, 0.6) is 0 Å². The number of nitrogens with one attached hydrogen (secondary N) is 3. The lowest BCUT2D eigenvalue weighted by Crippen LogP contribution is -2.36. The Morgan fingerprint density at radius 2 is 2.00 bits per heavy atom. The zero-order chi connectivity index (χ0) is 23.1. The number of aromatic nitrogens is 4. The average Bonchev–Trinajstić information content (AvgIpc) is 3.49. The van der Waals surface area contributed by atoms with Crippen LogP contribution in [0.4, 0.5) is 10.2 Å². The molecule has 0 unspecified atom stereocenters. The first kappa shape index (κ1) is 21.1. The van der Waals surface area contributed by atoms with Crippen molar-refractivity contribution in [3.63, 3.8) is 0 Å². The van der Waals surface area contributed by atoms with Gasteiger partial charge in [-0.3, -0.25) is 19.6 Å². The van der Waals surface area contributed by atoms with Gasteiger partial charge in [0.2, 0.25) is 11.8 Å². The second-order valence-electron chi connectivity index (χ2n) is 8.94. The zero-order valence-corrected chi connectivity index (χ0v) is 18.4. The third-order valence-corrected chi connectivity index (χ3v) is 6.03. The predicted octanol–water partition coefficient (Wildman–Crippen LogP) is 3.83. The van der Waals surface area contributed by atoms with Gasteiger partial charge in [-0.1, -0.05) is 32.0 Å². The van der Waals surface area contributed by atoms with Crippen LogP contribution < -0.4 is 10.2 Å². The molecular formula is C24H25FN6O2. The van der Waals surface area contributed by atoms with Crippen LogP contribution >= 0.6 is 0 Å². The number of hydrogen-bond acceptors (Lipinski definition) is 4. The number of halogens is 1. The lowest BCUT2D eigenvalue weighted by Gasteiger charge is -2.21. The summed E-state index contributed by atoms with van der Waals surface area (Å²) in [5.74, 6) is -0.259. The highest BCUT2D eigenvalue weighted by atomic mass is 19.1. The molecule has 33 heavy (non-hydrogen) atoms. The molecule has 0 saturated carbocycles. The molecule has 0 spiro atoms. The van der Waals surface area contributed by atoms with Crippen molar-refractivity contribution < 1.29 is 14.0 Å². The summed E-state index contributed by atoms with van der Waals surface area (Å²) in [6.45, 7) is 4.31. The van der Waals surface area contributed by atoms with E-state index in [4.69, 9.17) is 0 Å². The lowest BCUT2D eigenvalue weighted by atomic mass is 10.0. The normalized spacial score (nSPS) is 17.4. The quantitative estimate of drug-likeness (QED) is 0.417. The van der Waals surface area contributed by atoms with Gasteiger partial charge in [-0.2, -0.15) is 5.10 Å². The van der Waals surface area contributed by atoms with Gasteiger partial charge in [0, 0.05) is 13.0 Å². The highest BCUT2D eigenvalue weighted by Crippen LogP contribution is 2.32. The number of imidazole rings is 1. The van der Waals surface area contributed by atoms with E-state index in [-0.39, 0.29) is 42.0 Å². The Hall–Kier alpha value is -3.75. The number of hydrogen-bond donors (Lipinski definition) is 3. The Morgan fingerprint density at radius 1 is 1.21 bits per heavy atom. The summed E-state index contributed by atoms with van der Waals surface area (Å²) in [5.41, 5.74) is 2.25. The first-order valence-electron chi connectivity index (χ1n) is 11.1. The van der Waals surface area contributed by atoms with E-state index < -0.39 is 11.7 Å². The molecule has 2 aromatic heterocycles. The third-order valence-electron chi connectivity index (χ3n) is 6.03. The third kappa shape index (κ3) is 3.94. The van der Waals surface area contributed by atoms with Gasteiger partial charge in [-0.15, -0.1) is 0 Å². The maximum atomic E-state index is 14.4. The highest BCUT2D eigenvalue weighted by molar-refractivity contribution is 6.05. The predicted molar refractivity (Wildman–Crippen MR) is 123 cm³/mol. The molecule has 4 aromatic rings. The van der Waals surface area contributed by atoms with Crippen LogP contribution in [0.25, 0.3) is 21.9 Å². The van der Waals surface area contributed by atoms with Crippen molar-refractivity contribution in [2.75, 3.05) is 11.4 Å². The molecule has 0 radical (unpaired) electrons. The number of fused-ring (bicyclic) bond motifs is 2. The van der Waals surface area contributed by atoms with E-state index in [0.29, 0.717) is 23.7 Å². The number of amides is 2. The van der Waals surface area contributed by atoms with Crippen LogP contribution in [0.2, 0.25) is 0 Å². The van der Waals surface area contributed by atoms with Gasteiger partial charge >= 0.3 is 0 Å². The van der Waals surface area contributed by atoms with Crippen LogP contribution in [0.3, 0.4) is 0 Å². The number of nitrogens with zero attached hydrogens (tertiary/aromatic N) is 3. The van der Waals surface area contributed by atoms with Crippen LogP contribution in [0.15, 0.2) is 42.5 Å². The summed E-state index contributed by atoms with van der Waals surface area (Å²) in [5, 5.41) is 10.3. The number of carbonyl (C=O) groups excluding carboxylic acids is 2. The van der Waals surface area contributed by atoms with Crippen LogP contribution in [-0.2, 0) is 9.59 Å². The van der Waals surface area contributed by atoms with Gasteiger partial charge in [0.15, 0.2) is 5.82 Å². The minimum absolute atomic E-state index is 0.0448. The van der Waals surface area contributed by atoms with Crippen molar-refractivity contribution in [3.8, 4) is 0 Å². The molecule has 9 heteroatoms. The Kier molecular flexibility index (Phi) is 5.32. The molecule has 1 aliphatic rings. The van der Waals surface area contributed by atoms with E-state index in [1.54, 1.807) is 12.1 Å². The molecule has 1 aliphatic heterocycles. The van der Waals surface area contributed by atoms with Crippen LogP contribution in [-0.4, -0.2) is 38.5 Å². The molecule has 2 aromatic carbocycles. The number of benzene rings is 2. The van der Waals surface area contributed by atoms with E-state index in [2.05, 4.69) is 39.3 Å². The SMILES string of the molecule is CC(C)C[C@@H](NC(=O)[C@@H]1CC(=O)N(c2n[nH]c3cccc(F)c23)C1)c1nc2ccccc2[nH]1. The van der Waals surface area contributed by atoms with Gasteiger partial charge in [-0.25, -0.2) is 9.37 Å². The van der Waals surface area contributed by atoms with Gasteiger partial charge in [-0.05, 0) is 36.6 Å². The maximum Gasteiger partial charge on any atom is 0.229 e. The van der Waals surface area contributed by atoms with Gasteiger partial charge in [0.05, 0.1) is 33.9 Å². The fourth-order valence-electron chi connectivity index (χ4n) is 4.43. The second kappa shape index (κ2) is 8.31. The second-order valence-corrected chi connectivity index (χ2v) is 8.94. The topological polar surface area (TPSA) is 107 Å². The number of anilines is 1. The zero-order valence-electron chi connectivity index (χ0n) is 18.4. The molecule has 3 N–H and O–H groups in total. The summed E-state index contributed by atoms with van der Waals surface area (Å²) in [7, 11) is 0. The monoisotopic (exact) mass is 448 g/mol. The molecule has 1 fully saturated rings. The fourth-order valence-corrected chi connectivity index (χ4v) is 4.43. The van der Waals surface area contributed by atoms with Gasteiger partial charge < -0.3 is 10.3 Å². The number of rotatable bonds is 6. The van der Waals surface area contributed by atoms with Crippen molar-refractivity contribution in [2.24, 2.45) is 11.8 Å². The Labute approximate surface area is 189 Å². The van der Waals surface area contributed by atoms with E-state index in [9.17, 15) is 14.0 Å². The summed E-state index contributed by atoms with van der Waals surface area (Å²) < 4.78 is 14.4.